The first-order valence-electron chi connectivity index (χ1n) is 6.52. The molecule has 0 saturated heterocycles. The van der Waals surface area contributed by atoms with E-state index in [0.29, 0.717) is 12.3 Å². The predicted molar refractivity (Wildman–Crippen MR) is 73.4 cm³/mol. The molecule has 0 aromatic heterocycles. The summed E-state index contributed by atoms with van der Waals surface area (Å²) in [6, 6.07) is 10.3. The molecule has 0 saturated carbocycles. The molecule has 0 amide bonds. The maximum atomic E-state index is 11.0. The molecule has 1 aromatic carbocycles. The van der Waals surface area contributed by atoms with E-state index in [1.54, 1.807) is 6.92 Å². The second-order valence-corrected chi connectivity index (χ2v) is 5.23. The largest absolute Gasteiger partial charge is 0.480 e. The van der Waals surface area contributed by atoms with Crippen LogP contribution in [0.4, 0.5) is 0 Å². The van der Waals surface area contributed by atoms with Crippen molar-refractivity contribution in [1.29, 1.82) is 0 Å². The number of rotatable bonds is 7. The first-order valence-corrected chi connectivity index (χ1v) is 6.52. The molecule has 0 fully saturated rings. The molecular weight excluding hydrogens is 226 g/mol. The molecule has 0 bridgehead atoms. The average molecular weight is 249 g/mol. The van der Waals surface area contributed by atoms with Crippen LogP contribution in [0.25, 0.3) is 0 Å². The van der Waals surface area contributed by atoms with Crippen molar-refractivity contribution in [2.45, 2.75) is 45.1 Å². The van der Waals surface area contributed by atoms with Crippen LogP contribution in [0.5, 0.6) is 0 Å². The number of aliphatic carboxylic acids is 1. The van der Waals surface area contributed by atoms with Crippen LogP contribution in [0.15, 0.2) is 30.3 Å². The molecule has 0 aliphatic rings. The van der Waals surface area contributed by atoms with Crippen LogP contribution >= 0.6 is 0 Å². The molecule has 0 radical (unpaired) electrons. The summed E-state index contributed by atoms with van der Waals surface area (Å²) in [7, 11) is 0. The van der Waals surface area contributed by atoms with Gasteiger partial charge in [-0.2, -0.15) is 0 Å². The smallest absolute Gasteiger partial charge is 0.323 e. The Morgan fingerprint density at radius 1 is 1.39 bits per heavy atom. The zero-order valence-electron chi connectivity index (χ0n) is 11.2. The summed E-state index contributed by atoms with van der Waals surface area (Å²) in [5.74, 6) is -0.424. The molecule has 3 nitrogen and oxygen atoms in total. The topological polar surface area (TPSA) is 63.3 Å². The van der Waals surface area contributed by atoms with Gasteiger partial charge in [-0.3, -0.25) is 4.79 Å². The van der Waals surface area contributed by atoms with Crippen LogP contribution in [0.2, 0.25) is 0 Å². The van der Waals surface area contributed by atoms with Gasteiger partial charge in [0.2, 0.25) is 0 Å². The molecule has 1 rings (SSSR count). The third-order valence-electron chi connectivity index (χ3n) is 3.51. The van der Waals surface area contributed by atoms with Gasteiger partial charge in [-0.1, -0.05) is 43.7 Å². The fourth-order valence-corrected chi connectivity index (χ4v) is 2.01. The van der Waals surface area contributed by atoms with Crippen LogP contribution in [-0.4, -0.2) is 16.6 Å². The summed E-state index contributed by atoms with van der Waals surface area (Å²) in [4.78, 5) is 11.0. The lowest BCUT2D eigenvalue weighted by Gasteiger charge is -2.22. The van der Waals surface area contributed by atoms with Crippen LogP contribution < -0.4 is 5.73 Å². The highest BCUT2D eigenvalue weighted by Crippen LogP contribution is 2.21. The maximum Gasteiger partial charge on any atom is 0.323 e. The molecule has 3 N–H and O–H groups in total. The number of nitrogens with two attached hydrogens (primary N) is 1. The Morgan fingerprint density at radius 3 is 2.50 bits per heavy atom. The van der Waals surface area contributed by atoms with E-state index in [1.807, 2.05) is 18.2 Å². The minimum atomic E-state index is -1.11. The molecule has 18 heavy (non-hydrogen) atoms. The van der Waals surface area contributed by atoms with E-state index < -0.39 is 11.5 Å². The second kappa shape index (κ2) is 6.55. The van der Waals surface area contributed by atoms with Crippen molar-refractivity contribution in [1.82, 2.24) is 0 Å². The highest BCUT2D eigenvalue weighted by Gasteiger charge is 2.28. The Morgan fingerprint density at radius 2 is 2.00 bits per heavy atom. The molecule has 0 heterocycles. The van der Waals surface area contributed by atoms with Crippen molar-refractivity contribution < 1.29 is 9.90 Å². The fraction of sp³-hybridized carbons (Fsp3) is 0.533. The number of carboxylic acids is 1. The zero-order chi connectivity index (χ0) is 13.6. The van der Waals surface area contributed by atoms with Gasteiger partial charge in [0.25, 0.3) is 0 Å². The van der Waals surface area contributed by atoms with Crippen LogP contribution in [0.1, 0.15) is 38.7 Å². The standard InChI is InChI=1S/C15H23NO2/c1-3-12(9-10-15(2,16)14(17)18)11-13-7-5-4-6-8-13/h4-8,12H,3,9-11,16H2,1-2H3,(H,17,18). The van der Waals surface area contributed by atoms with E-state index in [2.05, 4.69) is 19.1 Å². The van der Waals surface area contributed by atoms with Gasteiger partial charge in [-0.05, 0) is 37.7 Å². The van der Waals surface area contributed by atoms with Crippen molar-refractivity contribution in [3.8, 4) is 0 Å². The first kappa shape index (κ1) is 14.7. The van der Waals surface area contributed by atoms with E-state index in [1.165, 1.54) is 5.56 Å². The number of benzene rings is 1. The minimum absolute atomic E-state index is 0.495. The normalized spacial score (nSPS) is 15.9. The lowest BCUT2D eigenvalue weighted by Crippen LogP contribution is -2.45. The number of hydrogen-bond donors (Lipinski definition) is 2. The van der Waals surface area contributed by atoms with Gasteiger partial charge in [0.05, 0.1) is 0 Å². The monoisotopic (exact) mass is 249 g/mol. The third-order valence-corrected chi connectivity index (χ3v) is 3.51. The third kappa shape index (κ3) is 4.49. The summed E-state index contributed by atoms with van der Waals surface area (Å²) in [5.41, 5.74) is 5.95. The molecule has 3 heteroatoms. The van der Waals surface area contributed by atoms with Crippen LogP contribution in [0.3, 0.4) is 0 Å². The van der Waals surface area contributed by atoms with Crippen molar-refractivity contribution in [2.75, 3.05) is 0 Å². The van der Waals surface area contributed by atoms with Gasteiger partial charge >= 0.3 is 5.97 Å². The lowest BCUT2D eigenvalue weighted by molar-refractivity contribution is -0.143. The van der Waals surface area contributed by atoms with Gasteiger partial charge in [0.1, 0.15) is 5.54 Å². The highest BCUT2D eigenvalue weighted by atomic mass is 16.4. The Bertz CT molecular complexity index is 373. The molecule has 0 aliphatic heterocycles. The Kier molecular flexibility index (Phi) is 5.35. The van der Waals surface area contributed by atoms with Gasteiger partial charge in [0.15, 0.2) is 0 Å². The van der Waals surface area contributed by atoms with Crippen molar-refractivity contribution in [2.24, 2.45) is 11.7 Å². The quantitative estimate of drug-likeness (QED) is 0.781. The van der Waals surface area contributed by atoms with E-state index in [-0.39, 0.29) is 0 Å². The van der Waals surface area contributed by atoms with Gasteiger partial charge in [-0.25, -0.2) is 0 Å². The highest BCUT2D eigenvalue weighted by molar-refractivity contribution is 5.77. The van der Waals surface area contributed by atoms with Gasteiger partial charge in [-0.15, -0.1) is 0 Å². The molecule has 0 spiro atoms. The Balaban J connectivity index is 2.51. The predicted octanol–water partition coefficient (Wildman–Crippen LogP) is 2.84. The Labute approximate surface area is 109 Å². The molecule has 100 valence electrons. The molecule has 0 aliphatic carbocycles. The van der Waals surface area contributed by atoms with E-state index in [0.717, 1.165) is 19.3 Å². The average Bonchev–Trinajstić information content (AvgIpc) is 2.35. The molecule has 2 unspecified atom stereocenters. The fourth-order valence-electron chi connectivity index (χ4n) is 2.01. The van der Waals surface area contributed by atoms with Gasteiger partial charge in [0, 0.05) is 0 Å². The molecule has 1 aromatic rings. The maximum absolute atomic E-state index is 11.0. The minimum Gasteiger partial charge on any atom is -0.480 e. The van der Waals surface area contributed by atoms with E-state index in [9.17, 15) is 4.79 Å². The summed E-state index contributed by atoms with van der Waals surface area (Å²) in [5, 5.41) is 8.99. The van der Waals surface area contributed by atoms with E-state index in [4.69, 9.17) is 10.8 Å². The molecule has 2 atom stereocenters. The molecular formula is C15H23NO2. The zero-order valence-corrected chi connectivity index (χ0v) is 11.2. The number of carboxylic acid groups (broad SMARTS) is 1. The Hall–Kier alpha value is -1.35. The van der Waals surface area contributed by atoms with Crippen LogP contribution in [0, 0.1) is 5.92 Å². The lowest BCUT2D eigenvalue weighted by atomic mass is 9.87. The van der Waals surface area contributed by atoms with E-state index >= 15 is 0 Å². The number of hydrogen-bond acceptors (Lipinski definition) is 2. The SMILES string of the molecule is CCC(CCC(C)(N)C(=O)O)Cc1ccccc1. The second-order valence-electron chi connectivity index (χ2n) is 5.23. The summed E-state index contributed by atoms with van der Waals surface area (Å²) in [6.07, 6.45) is 3.41. The summed E-state index contributed by atoms with van der Waals surface area (Å²) in [6.45, 7) is 3.73. The summed E-state index contributed by atoms with van der Waals surface area (Å²) < 4.78 is 0. The first-order chi connectivity index (χ1) is 8.45. The number of carbonyl (C=O) groups is 1. The van der Waals surface area contributed by atoms with Crippen molar-refractivity contribution in [3.05, 3.63) is 35.9 Å². The van der Waals surface area contributed by atoms with Crippen LogP contribution in [-0.2, 0) is 11.2 Å². The van der Waals surface area contributed by atoms with Crippen molar-refractivity contribution in [3.63, 3.8) is 0 Å². The summed E-state index contributed by atoms with van der Waals surface area (Å²) >= 11 is 0. The van der Waals surface area contributed by atoms with Gasteiger partial charge < -0.3 is 10.8 Å². The van der Waals surface area contributed by atoms with Crippen molar-refractivity contribution >= 4 is 5.97 Å².